The van der Waals surface area contributed by atoms with Crippen LogP contribution >= 0.6 is 0 Å². The summed E-state index contributed by atoms with van der Waals surface area (Å²) in [6, 6.07) is 0. The van der Waals surface area contributed by atoms with Gasteiger partial charge in [-0.1, -0.05) is 13.8 Å². The second-order valence-electron chi connectivity index (χ2n) is 6.06. The van der Waals surface area contributed by atoms with E-state index in [2.05, 4.69) is 0 Å². The van der Waals surface area contributed by atoms with Gasteiger partial charge in [0.1, 0.15) is 6.61 Å². The number of aliphatic carboxylic acids is 1. The van der Waals surface area contributed by atoms with Crippen LogP contribution in [0.5, 0.6) is 0 Å². The summed E-state index contributed by atoms with van der Waals surface area (Å²) < 4.78 is 9.89. The summed E-state index contributed by atoms with van der Waals surface area (Å²) >= 11 is 0. The van der Waals surface area contributed by atoms with Gasteiger partial charge < -0.3 is 19.7 Å². The van der Waals surface area contributed by atoms with E-state index in [0.29, 0.717) is 6.08 Å². The van der Waals surface area contributed by atoms with Crippen LogP contribution in [0.15, 0.2) is 12.2 Å². The van der Waals surface area contributed by atoms with Gasteiger partial charge in [-0.25, -0.2) is 9.59 Å². The molecular formula is C14H22O7. The SMILES string of the molecule is CC(C)(CO)COC(=O)C(C)(C)COC(=O)C=CC(=O)O. The van der Waals surface area contributed by atoms with E-state index in [1.807, 2.05) is 0 Å². The molecule has 0 spiro atoms. The molecule has 0 unspecified atom stereocenters. The standard InChI is InChI=1S/C14H22O7/c1-13(2,7-15)8-21-12(19)14(3,4)9-20-11(18)6-5-10(16)17/h5-6,15H,7-9H2,1-4H3,(H,16,17). The van der Waals surface area contributed by atoms with E-state index in [1.54, 1.807) is 13.8 Å². The van der Waals surface area contributed by atoms with Crippen LogP contribution in [0.1, 0.15) is 27.7 Å². The Kier molecular flexibility index (Phi) is 7.08. The molecule has 0 saturated heterocycles. The monoisotopic (exact) mass is 302 g/mol. The number of carboxylic acid groups (broad SMARTS) is 1. The molecule has 0 radical (unpaired) electrons. The number of ether oxygens (including phenoxy) is 2. The third kappa shape index (κ3) is 8.09. The summed E-state index contributed by atoms with van der Waals surface area (Å²) in [5, 5.41) is 17.4. The Morgan fingerprint density at radius 2 is 1.57 bits per heavy atom. The van der Waals surface area contributed by atoms with Gasteiger partial charge in [-0.2, -0.15) is 0 Å². The van der Waals surface area contributed by atoms with Crippen molar-refractivity contribution < 1.29 is 34.1 Å². The first-order valence-electron chi connectivity index (χ1n) is 6.36. The molecule has 0 aliphatic carbocycles. The minimum atomic E-state index is -1.27. The van der Waals surface area contributed by atoms with Crippen molar-refractivity contribution in [2.75, 3.05) is 19.8 Å². The second-order valence-corrected chi connectivity index (χ2v) is 6.06. The van der Waals surface area contributed by atoms with Crippen LogP contribution in [0.3, 0.4) is 0 Å². The number of aliphatic hydroxyl groups excluding tert-OH is 1. The number of hydrogen-bond donors (Lipinski definition) is 2. The van der Waals surface area contributed by atoms with Crippen LogP contribution < -0.4 is 0 Å². The predicted octanol–water partition coefficient (Wildman–Crippen LogP) is 0.758. The summed E-state index contributed by atoms with van der Waals surface area (Å²) in [6.45, 7) is 6.22. The maximum atomic E-state index is 11.9. The Labute approximate surface area is 123 Å². The number of rotatable bonds is 8. The van der Waals surface area contributed by atoms with Gasteiger partial charge in [-0.15, -0.1) is 0 Å². The highest BCUT2D eigenvalue weighted by Crippen LogP contribution is 2.21. The van der Waals surface area contributed by atoms with Crippen molar-refractivity contribution in [3.8, 4) is 0 Å². The molecule has 0 heterocycles. The quantitative estimate of drug-likeness (QED) is 0.503. The average molecular weight is 302 g/mol. The van der Waals surface area contributed by atoms with Crippen molar-refractivity contribution in [2.45, 2.75) is 27.7 Å². The van der Waals surface area contributed by atoms with Gasteiger partial charge >= 0.3 is 17.9 Å². The molecule has 0 fully saturated rings. The molecule has 2 N–H and O–H groups in total. The Hall–Kier alpha value is -1.89. The molecular weight excluding hydrogens is 280 g/mol. The van der Waals surface area contributed by atoms with Gasteiger partial charge in [-0.3, -0.25) is 4.79 Å². The fourth-order valence-electron chi connectivity index (χ4n) is 1.000. The van der Waals surface area contributed by atoms with Crippen molar-refractivity contribution in [3.05, 3.63) is 12.2 Å². The summed E-state index contributed by atoms with van der Waals surface area (Å²) in [6.07, 6.45) is 1.41. The molecule has 0 rings (SSSR count). The Morgan fingerprint density at radius 1 is 1.00 bits per heavy atom. The lowest BCUT2D eigenvalue weighted by Gasteiger charge is -2.26. The van der Waals surface area contributed by atoms with Crippen molar-refractivity contribution >= 4 is 17.9 Å². The van der Waals surface area contributed by atoms with Gasteiger partial charge in [0.2, 0.25) is 0 Å². The highest BCUT2D eigenvalue weighted by Gasteiger charge is 2.32. The highest BCUT2D eigenvalue weighted by atomic mass is 16.6. The van der Waals surface area contributed by atoms with Crippen LogP contribution in [0.2, 0.25) is 0 Å². The molecule has 0 aromatic heterocycles. The molecule has 0 aliphatic rings. The summed E-state index contributed by atoms with van der Waals surface area (Å²) in [7, 11) is 0. The molecule has 0 aromatic carbocycles. The van der Waals surface area contributed by atoms with E-state index in [-0.39, 0.29) is 19.8 Å². The average Bonchev–Trinajstić information content (AvgIpc) is 2.40. The first-order valence-corrected chi connectivity index (χ1v) is 6.36. The Bertz CT molecular complexity index is 421. The first-order chi connectivity index (χ1) is 9.50. The fraction of sp³-hybridized carbons (Fsp3) is 0.643. The topological polar surface area (TPSA) is 110 Å². The number of carbonyl (C=O) groups is 3. The molecule has 120 valence electrons. The van der Waals surface area contributed by atoms with Crippen LogP contribution in [0, 0.1) is 10.8 Å². The van der Waals surface area contributed by atoms with E-state index in [0.717, 1.165) is 6.08 Å². The third-order valence-corrected chi connectivity index (χ3v) is 2.51. The first kappa shape index (κ1) is 19.1. The van der Waals surface area contributed by atoms with E-state index < -0.39 is 28.7 Å². The normalized spacial score (nSPS) is 12.2. The smallest absolute Gasteiger partial charge is 0.331 e. The number of carbonyl (C=O) groups excluding carboxylic acids is 2. The minimum absolute atomic E-state index is 0.0403. The van der Waals surface area contributed by atoms with Crippen molar-refractivity contribution in [1.29, 1.82) is 0 Å². The van der Waals surface area contributed by atoms with Gasteiger partial charge in [0.25, 0.3) is 0 Å². The second kappa shape index (κ2) is 7.78. The molecule has 7 nitrogen and oxygen atoms in total. The summed E-state index contributed by atoms with van der Waals surface area (Å²) in [4.78, 5) is 33.4. The molecule has 0 aromatic rings. The maximum absolute atomic E-state index is 11.9. The van der Waals surface area contributed by atoms with E-state index in [4.69, 9.17) is 19.7 Å². The molecule has 0 amide bonds. The van der Waals surface area contributed by atoms with E-state index in [9.17, 15) is 14.4 Å². The van der Waals surface area contributed by atoms with Crippen LogP contribution in [0.25, 0.3) is 0 Å². The lowest BCUT2D eigenvalue weighted by molar-refractivity contribution is -0.163. The molecule has 21 heavy (non-hydrogen) atoms. The van der Waals surface area contributed by atoms with Gasteiger partial charge in [0.15, 0.2) is 0 Å². The van der Waals surface area contributed by atoms with Gasteiger partial charge in [0.05, 0.1) is 18.6 Å². The highest BCUT2D eigenvalue weighted by molar-refractivity contribution is 5.90. The number of carboxylic acids is 1. The lowest BCUT2D eigenvalue weighted by atomic mass is 9.94. The fourth-order valence-corrected chi connectivity index (χ4v) is 1.000. The van der Waals surface area contributed by atoms with Crippen molar-refractivity contribution in [1.82, 2.24) is 0 Å². The Balaban J connectivity index is 4.38. The number of aliphatic hydroxyl groups is 1. The van der Waals surface area contributed by atoms with Crippen LogP contribution in [-0.4, -0.2) is 47.9 Å². The molecule has 7 heteroatoms. The van der Waals surface area contributed by atoms with Crippen LogP contribution in [0.4, 0.5) is 0 Å². The number of hydrogen-bond acceptors (Lipinski definition) is 6. The number of esters is 2. The molecule has 0 bridgehead atoms. The zero-order valence-electron chi connectivity index (χ0n) is 12.7. The predicted molar refractivity (Wildman–Crippen MR) is 73.3 cm³/mol. The maximum Gasteiger partial charge on any atom is 0.331 e. The molecule has 0 saturated carbocycles. The molecule has 0 atom stereocenters. The zero-order valence-corrected chi connectivity index (χ0v) is 12.7. The summed E-state index contributed by atoms with van der Waals surface area (Å²) in [5.74, 6) is -2.69. The van der Waals surface area contributed by atoms with Crippen molar-refractivity contribution in [2.24, 2.45) is 10.8 Å². The largest absolute Gasteiger partial charge is 0.478 e. The third-order valence-electron chi connectivity index (χ3n) is 2.51. The lowest BCUT2D eigenvalue weighted by Crippen LogP contribution is -2.35. The van der Waals surface area contributed by atoms with E-state index in [1.165, 1.54) is 13.8 Å². The van der Waals surface area contributed by atoms with Gasteiger partial charge in [0, 0.05) is 17.6 Å². The zero-order chi connectivity index (χ0) is 16.7. The minimum Gasteiger partial charge on any atom is -0.478 e. The van der Waals surface area contributed by atoms with Crippen LogP contribution in [-0.2, 0) is 23.9 Å². The molecule has 0 aliphatic heterocycles. The van der Waals surface area contributed by atoms with E-state index >= 15 is 0 Å². The van der Waals surface area contributed by atoms with Crippen molar-refractivity contribution in [3.63, 3.8) is 0 Å². The van der Waals surface area contributed by atoms with Gasteiger partial charge in [-0.05, 0) is 13.8 Å². The summed E-state index contributed by atoms with van der Waals surface area (Å²) in [5.41, 5.74) is -1.62. The Morgan fingerprint density at radius 3 is 2.05 bits per heavy atom.